The van der Waals surface area contributed by atoms with Crippen LogP contribution in [-0.2, 0) is 6.18 Å². The van der Waals surface area contributed by atoms with Crippen LogP contribution in [0.3, 0.4) is 0 Å². The summed E-state index contributed by atoms with van der Waals surface area (Å²) in [5.74, 6) is 0. The van der Waals surface area contributed by atoms with E-state index in [1.807, 2.05) is 0 Å². The van der Waals surface area contributed by atoms with Crippen molar-refractivity contribution in [2.45, 2.75) is 6.18 Å². The van der Waals surface area contributed by atoms with Crippen LogP contribution in [0.25, 0.3) is 5.57 Å². The Labute approximate surface area is 102 Å². The summed E-state index contributed by atoms with van der Waals surface area (Å²) in [7, 11) is 0. The van der Waals surface area contributed by atoms with Gasteiger partial charge in [0.05, 0.1) is 5.56 Å². The summed E-state index contributed by atoms with van der Waals surface area (Å²) in [5, 5.41) is 2.99. The Bertz CT molecular complexity index is 489. The number of dihydropyridines is 1. The Morgan fingerprint density at radius 1 is 1.24 bits per heavy atom. The van der Waals surface area contributed by atoms with Crippen molar-refractivity contribution in [3.8, 4) is 0 Å². The van der Waals surface area contributed by atoms with E-state index in [0.29, 0.717) is 12.1 Å². The molecule has 1 aliphatic heterocycles. The second kappa shape index (κ2) is 4.45. The Balaban J connectivity index is 2.59. The first kappa shape index (κ1) is 12.0. The number of hydrogen-bond acceptors (Lipinski definition) is 1. The molecule has 5 heteroatoms. The number of alkyl halides is 3. The van der Waals surface area contributed by atoms with Crippen LogP contribution in [0.15, 0.2) is 36.6 Å². The number of nitrogens with one attached hydrogen (secondary N) is 1. The summed E-state index contributed by atoms with van der Waals surface area (Å²) < 4.78 is 38.6. The molecule has 0 spiro atoms. The van der Waals surface area contributed by atoms with Gasteiger partial charge in [-0.05, 0) is 30.0 Å². The first-order valence-corrected chi connectivity index (χ1v) is 5.34. The largest absolute Gasteiger partial charge is 0.417 e. The van der Waals surface area contributed by atoms with Crippen molar-refractivity contribution >= 4 is 17.2 Å². The SMILES string of the molecule is FC(F)(F)c1cccc(Cl)c1C1=CCNC=C1. The van der Waals surface area contributed by atoms with Crippen LogP contribution in [0.2, 0.25) is 5.02 Å². The summed E-state index contributed by atoms with van der Waals surface area (Å²) >= 11 is 5.87. The third-order valence-electron chi connectivity index (χ3n) is 2.43. The van der Waals surface area contributed by atoms with E-state index in [-0.39, 0.29) is 10.6 Å². The molecular weight excluding hydrogens is 251 g/mol. The molecule has 1 N–H and O–H groups in total. The third kappa shape index (κ3) is 2.47. The molecular formula is C12H9ClF3N. The molecule has 1 heterocycles. The van der Waals surface area contributed by atoms with Crippen molar-refractivity contribution < 1.29 is 13.2 Å². The minimum atomic E-state index is -4.40. The van der Waals surface area contributed by atoms with Crippen LogP contribution in [0.4, 0.5) is 13.2 Å². The predicted octanol–water partition coefficient (Wildman–Crippen LogP) is 3.86. The van der Waals surface area contributed by atoms with Gasteiger partial charge in [0.2, 0.25) is 0 Å². The molecule has 17 heavy (non-hydrogen) atoms. The van der Waals surface area contributed by atoms with Crippen LogP contribution in [0.1, 0.15) is 11.1 Å². The normalized spacial score (nSPS) is 15.4. The van der Waals surface area contributed by atoms with Crippen molar-refractivity contribution in [3.05, 3.63) is 52.7 Å². The molecule has 0 atom stereocenters. The number of halogens is 4. The molecule has 0 fully saturated rings. The fourth-order valence-corrected chi connectivity index (χ4v) is 1.98. The Morgan fingerprint density at radius 3 is 2.59 bits per heavy atom. The summed E-state index contributed by atoms with van der Waals surface area (Å²) in [5.41, 5.74) is -0.177. The molecule has 1 aromatic carbocycles. The minimum absolute atomic E-state index is 0.0411. The lowest BCUT2D eigenvalue weighted by molar-refractivity contribution is -0.137. The molecule has 0 aliphatic carbocycles. The van der Waals surface area contributed by atoms with E-state index in [1.54, 1.807) is 18.4 Å². The van der Waals surface area contributed by atoms with E-state index in [4.69, 9.17) is 11.6 Å². The molecule has 0 unspecified atom stereocenters. The highest BCUT2D eigenvalue weighted by Crippen LogP contribution is 2.38. The Hall–Kier alpha value is -1.42. The molecule has 0 radical (unpaired) electrons. The van der Waals surface area contributed by atoms with E-state index >= 15 is 0 Å². The topological polar surface area (TPSA) is 12.0 Å². The average Bonchev–Trinajstić information content (AvgIpc) is 2.28. The summed E-state index contributed by atoms with van der Waals surface area (Å²) in [6.07, 6.45) is 0.467. The lowest BCUT2D eigenvalue weighted by atomic mass is 9.98. The summed E-state index contributed by atoms with van der Waals surface area (Å²) in [4.78, 5) is 0. The van der Waals surface area contributed by atoms with Gasteiger partial charge in [0.25, 0.3) is 0 Å². The molecule has 90 valence electrons. The first-order chi connectivity index (χ1) is 8.00. The third-order valence-corrected chi connectivity index (χ3v) is 2.74. The van der Waals surface area contributed by atoms with Crippen molar-refractivity contribution in [1.82, 2.24) is 5.32 Å². The lowest BCUT2D eigenvalue weighted by Crippen LogP contribution is -2.12. The highest BCUT2D eigenvalue weighted by molar-refractivity contribution is 6.32. The van der Waals surface area contributed by atoms with Crippen molar-refractivity contribution in [2.24, 2.45) is 0 Å². The summed E-state index contributed by atoms with van der Waals surface area (Å²) in [6, 6.07) is 3.81. The van der Waals surface area contributed by atoms with Crippen molar-refractivity contribution in [1.29, 1.82) is 0 Å². The van der Waals surface area contributed by atoms with Gasteiger partial charge in [-0.1, -0.05) is 23.7 Å². The van der Waals surface area contributed by atoms with Gasteiger partial charge in [0.15, 0.2) is 0 Å². The zero-order valence-electron chi connectivity index (χ0n) is 8.68. The van der Waals surface area contributed by atoms with E-state index in [2.05, 4.69) is 5.32 Å². The Kier molecular flexibility index (Phi) is 3.15. The standard InChI is InChI=1S/C12H9ClF3N/c13-10-3-1-2-9(12(14,15)16)11(10)8-4-6-17-7-5-8/h1-6,17H,7H2. The maximum Gasteiger partial charge on any atom is 0.417 e. The van der Waals surface area contributed by atoms with Gasteiger partial charge >= 0.3 is 6.18 Å². The minimum Gasteiger partial charge on any atom is -0.387 e. The maximum atomic E-state index is 12.9. The van der Waals surface area contributed by atoms with E-state index in [9.17, 15) is 13.2 Å². The van der Waals surface area contributed by atoms with Crippen LogP contribution in [0.5, 0.6) is 0 Å². The number of benzene rings is 1. The average molecular weight is 260 g/mol. The van der Waals surface area contributed by atoms with E-state index in [1.165, 1.54) is 12.1 Å². The molecule has 0 saturated carbocycles. The van der Waals surface area contributed by atoms with Crippen molar-refractivity contribution in [3.63, 3.8) is 0 Å². The highest BCUT2D eigenvalue weighted by atomic mass is 35.5. The monoisotopic (exact) mass is 259 g/mol. The predicted molar refractivity (Wildman–Crippen MR) is 61.6 cm³/mol. The van der Waals surface area contributed by atoms with Crippen LogP contribution < -0.4 is 5.32 Å². The van der Waals surface area contributed by atoms with Gasteiger partial charge < -0.3 is 5.32 Å². The molecule has 0 amide bonds. The molecule has 1 aliphatic rings. The van der Waals surface area contributed by atoms with Crippen LogP contribution in [-0.4, -0.2) is 6.54 Å². The lowest BCUT2D eigenvalue weighted by Gasteiger charge is -2.16. The maximum absolute atomic E-state index is 12.9. The fraction of sp³-hybridized carbons (Fsp3) is 0.167. The van der Waals surface area contributed by atoms with Gasteiger partial charge in [0.1, 0.15) is 0 Å². The van der Waals surface area contributed by atoms with E-state index < -0.39 is 11.7 Å². The van der Waals surface area contributed by atoms with Gasteiger partial charge in [-0.2, -0.15) is 13.2 Å². The smallest absolute Gasteiger partial charge is 0.387 e. The first-order valence-electron chi connectivity index (χ1n) is 4.96. The molecule has 1 aromatic rings. The molecule has 0 aromatic heterocycles. The Morgan fingerprint density at radius 2 is 2.00 bits per heavy atom. The molecule has 0 saturated heterocycles. The second-order valence-electron chi connectivity index (χ2n) is 3.56. The molecule has 0 bridgehead atoms. The fourth-order valence-electron chi connectivity index (χ4n) is 1.69. The molecule has 2 rings (SSSR count). The van der Waals surface area contributed by atoms with Gasteiger partial charge in [-0.25, -0.2) is 0 Å². The zero-order chi connectivity index (χ0) is 12.5. The number of allylic oxidation sites excluding steroid dienone is 2. The number of rotatable bonds is 1. The summed E-state index contributed by atoms with van der Waals surface area (Å²) in [6.45, 7) is 0.494. The quantitative estimate of drug-likeness (QED) is 0.808. The van der Waals surface area contributed by atoms with Gasteiger partial charge in [-0.3, -0.25) is 0 Å². The van der Waals surface area contributed by atoms with Crippen LogP contribution in [0, 0.1) is 0 Å². The van der Waals surface area contributed by atoms with Crippen LogP contribution >= 0.6 is 11.6 Å². The second-order valence-corrected chi connectivity index (χ2v) is 3.97. The molecule has 1 nitrogen and oxygen atoms in total. The van der Waals surface area contributed by atoms with Gasteiger partial charge in [0, 0.05) is 17.1 Å². The van der Waals surface area contributed by atoms with Gasteiger partial charge in [-0.15, -0.1) is 0 Å². The highest BCUT2D eigenvalue weighted by Gasteiger charge is 2.34. The van der Waals surface area contributed by atoms with Crippen molar-refractivity contribution in [2.75, 3.05) is 6.54 Å². The zero-order valence-corrected chi connectivity index (χ0v) is 9.44. The van der Waals surface area contributed by atoms with E-state index in [0.717, 1.165) is 6.07 Å². The number of hydrogen-bond donors (Lipinski definition) is 1.